The van der Waals surface area contributed by atoms with Crippen LogP contribution in [0.4, 0.5) is 0 Å². The molecule has 100 valence electrons. The smallest absolute Gasteiger partial charge is 0.237 e. The minimum Gasteiger partial charge on any atom is -0.355 e. The molecule has 17 heavy (non-hydrogen) atoms. The molecular weight excluding hydrogens is 214 g/mol. The Labute approximate surface area is 105 Å². The summed E-state index contributed by atoms with van der Waals surface area (Å²) in [6.07, 6.45) is 3.55. The molecule has 3 N–H and O–H groups in total. The number of piperidine rings is 1. The number of carbonyl (C=O) groups is 1. The molecule has 4 nitrogen and oxygen atoms in total. The molecule has 3 atom stereocenters. The first-order valence-corrected chi connectivity index (χ1v) is 6.87. The van der Waals surface area contributed by atoms with E-state index in [2.05, 4.69) is 17.1 Å². The second kappa shape index (κ2) is 6.97. The zero-order valence-electron chi connectivity index (χ0n) is 11.4. The maximum Gasteiger partial charge on any atom is 0.237 e. The van der Waals surface area contributed by atoms with Crippen molar-refractivity contribution in [2.24, 2.45) is 11.7 Å². The van der Waals surface area contributed by atoms with Gasteiger partial charge in [-0.05, 0) is 39.2 Å². The first kappa shape index (κ1) is 14.5. The third-order valence-electron chi connectivity index (χ3n) is 3.95. The molecule has 0 aromatic rings. The Balaban J connectivity index is 2.59. The third kappa shape index (κ3) is 3.68. The molecule has 0 aromatic heterocycles. The van der Waals surface area contributed by atoms with E-state index in [1.165, 1.54) is 12.8 Å². The number of amides is 1. The zero-order chi connectivity index (χ0) is 12.8. The van der Waals surface area contributed by atoms with Crippen molar-refractivity contribution in [3.63, 3.8) is 0 Å². The summed E-state index contributed by atoms with van der Waals surface area (Å²) in [5.74, 6) is 0.905. The Morgan fingerprint density at radius 2 is 2.24 bits per heavy atom. The van der Waals surface area contributed by atoms with Gasteiger partial charge in [0, 0.05) is 19.1 Å². The van der Waals surface area contributed by atoms with Gasteiger partial charge in [0.05, 0.1) is 6.04 Å². The molecule has 1 fully saturated rings. The van der Waals surface area contributed by atoms with Crippen LogP contribution in [0.25, 0.3) is 0 Å². The zero-order valence-corrected chi connectivity index (χ0v) is 11.4. The number of rotatable bonds is 5. The van der Waals surface area contributed by atoms with Gasteiger partial charge in [0.15, 0.2) is 0 Å². The van der Waals surface area contributed by atoms with Gasteiger partial charge in [-0.15, -0.1) is 0 Å². The van der Waals surface area contributed by atoms with Crippen LogP contribution in [-0.4, -0.2) is 42.5 Å². The minimum atomic E-state index is -0.0543. The molecule has 0 spiro atoms. The number of likely N-dealkylation sites (N-methyl/N-ethyl adjacent to an activating group) is 1. The normalized spacial score (nSPS) is 27.8. The van der Waals surface area contributed by atoms with Crippen molar-refractivity contribution in [2.45, 2.75) is 52.1 Å². The predicted molar refractivity (Wildman–Crippen MR) is 70.7 cm³/mol. The first-order valence-electron chi connectivity index (χ1n) is 6.87. The van der Waals surface area contributed by atoms with Crippen LogP contribution < -0.4 is 11.1 Å². The lowest BCUT2D eigenvalue weighted by molar-refractivity contribution is -0.127. The summed E-state index contributed by atoms with van der Waals surface area (Å²) in [7, 11) is 0. The summed E-state index contributed by atoms with van der Waals surface area (Å²) in [4.78, 5) is 14.1. The molecule has 0 saturated carbocycles. The van der Waals surface area contributed by atoms with Gasteiger partial charge in [0.1, 0.15) is 0 Å². The van der Waals surface area contributed by atoms with Crippen molar-refractivity contribution >= 4 is 5.91 Å². The molecule has 1 aliphatic rings. The van der Waals surface area contributed by atoms with Gasteiger partial charge in [0.2, 0.25) is 5.91 Å². The SMILES string of the molecule is CCNC(=O)C(C)N1CCC(CC)CC1CN. The van der Waals surface area contributed by atoms with Gasteiger partial charge in [-0.2, -0.15) is 0 Å². The van der Waals surface area contributed by atoms with Gasteiger partial charge < -0.3 is 11.1 Å². The highest BCUT2D eigenvalue weighted by atomic mass is 16.2. The van der Waals surface area contributed by atoms with E-state index < -0.39 is 0 Å². The lowest BCUT2D eigenvalue weighted by atomic mass is 9.88. The molecular formula is C13H27N3O. The standard InChI is InChI=1S/C13H27N3O/c1-4-11-6-7-16(12(8-11)9-14)10(3)13(17)15-5-2/h10-12H,4-9,14H2,1-3H3,(H,15,17). The van der Waals surface area contributed by atoms with Crippen LogP contribution in [0.1, 0.15) is 40.0 Å². The third-order valence-corrected chi connectivity index (χ3v) is 3.95. The van der Waals surface area contributed by atoms with Gasteiger partial charge in [-0.3, -0.25) is 9.69 Å². The monoisotopic (exact) mass is 241 g/mol. The number of nitrogens with one attached hydrogen (secondary N) is 1. The largest absolute Gasteiger partial charge is 0.355 e. The van der Waals surface area contributed by atoms with Gasteiger partial charge >= 0.3 is 0 Å². The average Bonchev–Trinajstić information content (AvgIpc) is 2.37. The fourth-order valence-electron chi connectivity index (χ4n) is 2.74. The van der Waals surface area contributed by atoms with E-state index in [4.69, 9.17) is 5.73 Å². The van der Waals surface area contributed by atoms with Crippen LogP contribution in [0, 0.1) is 5.92 Å². The number of hydrogen-bond acceptors (Lipinski definition) is 3. The highest BCUT2D eigenvalue weighted by Gasteiger charge is 2.32. The van der Waals surface area contributed by atoms with E-state index in [9.17, 15) is 4.79 Å². The van der Waals surface area contributed by atoms with Gasteiger partial charge in [-0.25, -0.2) is 0 Å². The van der Waals surface area contributed by atoms with Crippen molar-refractivity contribution in [1.29, 1.82) is 0 Å². The number of nitrogens with two attached hydrogens (primary N) is 1. The lowest BCUT2D eigenvalue weighted by Gasteiger charge is -2.41. The van der Waals surface area contributed by atoms with Crippen molar-refractivity contribution in [3.8, 4) is 0 Å². The van der Waals surface area contributed by atoms with Gasteiger partial charge in [-0.1, -0.05) is 13.3 Å². The van der Waals surface area contributed by atoms with E-state index in [-0.39, 0.29) is 11.9 Å². The summed E-state index contributed by atoms with van der Waals surface area (Å²) in [6, 6.07) is 0.313. The Bertz CT molecular complexity index is 245. The number of hydrogen-bond donors (Lipinski definition) is 2. The van der Waals surface area contributed by atoms with Crippen LogP contribution in [0.2, 0.25) is 0 Å². The van der Waals surface area contributed by atoms with Gasteiger partial charge in [0.25, 0.3) is 0 Å². The Kier molecular flexibility index (Phi) is 5.92. The van der Waals surface area contributed by atoms with Crippen molar-refractivity contribution in [1.82, 2.24) is 10.2 Å². The molecule has 0 aliphatic carbocycles. The summed E-state index contributed by atoms with van der Waals surface area (Å²) in [5.41, 5.74) is 5.85. The molecule has 0 radical (unpaired) electrons. The summed E-state index contributed by atoms with van der Waals surface area (Å²) < 4.78 is 0. The Hall–Kier alpha value is -0.610. The molecule has 1 rings (SSSR count). The summed E-state index contributed by atoms with van der Waals surface area (Å²) >= 11 is 0. The van der Waals surface area contributed by atoms with E-state index >= 15 is 0 Å². The van der Waals surface area contributed by atoms with Crippen LogP contribution in [0.3, 0.4) is 0 Å². The van der Waals surface area contributed by atoms with Crippen LogP contribution in [0.15, 0.2) is 0 Å². The maximum atomic E-state index is 11.9. The molecule has 0 bridgehead atoms. The average molecular weight is 241 g/mol. The number of likely N-dealkylation sites (tertiary alicyclic amines) is 1. The number of nitrogens with zero attached hydrogens (tertiary/aromatic N) is 1. The fourth-order valence-corrected chi connectivity index (χ4v) is 2.74. The van der Waals surface area contributed by atoms with E-state index in [0.717, 1.165) is 18.9 Å². The second-order valence-electron chi connectivity index (χ2n) is 5.00. The fraction of sp³-hybridized carbons (Fsp3) is 0.923. The molecule has 3 unspecified atom stereocenters. The van der Waals surface area contributed by atoms with Crippen molar-refractivity contribution < 1.29 is 4.79 Å². The van der Waals surface area contributed by atoms with Crippen LogP contribution in [0.5, 0.6) is 0 Å². The van der Waals surface area contributed by atoms with E-state index in [1.807, 2.05) is 13.8 Å². The lowest BCUT2D eigenvalue weighted by Crippen LogP contribution is -2.55. The molecule has 1 aliphatic heterocycles. The Morgan fingerprint density at radius 3 is 2.76 bits per heavy atom. The van der Waals surface area contributed by atoms with E-state index in [1.54, 1.807) is 0 Å². The van der Waals surface area contributed by atoms with E-state index in [0.29, 0.717) is 19.1 Å². The maximum absolute atomic E-state index is 11.9. The molecule has 1 saturated heterocycles. The highest BCUT2D eigenvalue weighted by Crippen LogP contribution is 2.26. The van der Waals surface area contributed by atoms with Crippen LogP contribution in [-0.2, 0) is 4.79 Å². The second-order valence-corrected chi connectivity index (χ2v) is 5.00. The first-order chi connectivity index (χ1) is 8.13. The Morgan fingerprint density at radius 1 is 1.53 bits per heavy atom. The molecule has 1 heterocycles. The van der Waals surface area contributed by atoms with Crippen LogP contribution >= 0.6 is 0 Å². The number of carbonyl (C=O) groups excluding carboxylic acids is 1. The summed E-state index contributed by atoms with van der Waals surface area (Å²) in [5, 5.41) is 2.89. The topological polar surface area (TPSA) is 58.4 Å². The van der Waals surface area contributed by atoms with Crippen molar-refractivity contribution in [2.75, 3.05) is 19.6 Å². The molecule has 0 aromatic carbocycles. The summed E-state index contributed by atoms with van der Waals surface area (Å²) in [6.45, 7) is 8.52. The highest BCUT2D eigenvalue weighted by molar-refractivity contribution is 5.81. The quantitative estimate of drug-likeness (QED) is 0.754. The van der Waals surface area contributed by atoms with Crippen molar-refractivity contribution in [3.05, 3.63) is 0 Å². The minimum absolute atomic E-state index is 0.0543. The molecule has 1 amide bonds. The molecule has 4 heteroatoms. The predicted octanol–water partition coefficient (Wildman–Crippen LogP) is 0.960.